The molecule has 2 aliphatic rings. The molecule has 2 aliphatic heterocycles. The van der Waals surface area contributed by atoms with Crippen molar-refractivity contribution >= 4 is 69.4 Å². The third kappa shape index (κ3) is 15.1. The Balaban J connectivity index is 2.25. The van der Waals surface area contributed by atoms with Crippen LogP contribution in [-0.4, -0.2) is 162 Å². The number of amides is 6. The number of piperidine rings is 1. The molecule has 0 aromatic heterocycles. The van der Waals surface area contributed by atoms with Crippen LogP contribution in [0.25, 0.3) is 0 Å². The zero-order chi connectivity index (χ0) is 49.8. The number of halogens is 1. The zero-order valence-corrected chi connectivity index (χ0v) is 39.3. The van der Waals surface area contributed by atoms with Crippen molar-refractivity contribution < 1.29 is 70.4 Å². The number of benzene rings is 1. The summed E-state index contributed by atoms with van der Waals surface area (Å²) in [4.78, 5) is 105. The molecular formula is C40H62ClN9O15S. The summed E-state index contributed by atoms with van der Waals surface area (Å²) >= 11 is 6.44. The lowest BCUT2D eigenvalue weighted by Crippen LogP contribution is -2.66. The number of ether oxygens (including phenoxy) is 2. The van der Waals surface area contributed by atoms with Gasteiger partial charge in [0.25, 0.3) is 5.91 Å². The first kappa shape index (κ1) is 55.0. The standard InChI is InChI=1S/C40H62ClN9O15S/c1-8-20(4)32-38(58)49(6)26(17-22-11-13-28(63-7)23(41)16-22)34(54)47-30(19(2)3)39(59)65-21(5)31(48-35(55)27(51)18-64-66(60,61)62)36(56)45-24(10-9-15-44-40(42)43)33(53)46-25-12-14-29(52)50(32)37(25)57/h11,13,16,19-21,24-27,29-32,51-52H,8-10,12,14-15,17-18H2,1-7H3,(H,45,56)(H,46,53)(H,47,54)(H,48,55)(H4,42,43,44)(H,60,61,62)/t20-,21+,24-,25-,26?,27+,29+,30?,31?,32-/m0/s1. The number of nitrogens with two attached hydrogens (primary N) is 2. The van der Waals surface area contributed by atoms with Crippen molar-refractivity contribution in [2.45, 2.75) is 128 Å². The van der Waals surface area contributed by atoms with Gasteiger partial charge in [0.1, 0.15) is 60.9 Å². The van der Waals surface area contributed by atoms with E-state index in [4.69, 9.17) is 37.1 Å². The van der Waals surface area contributed by atoms with E-state index in [1.165, 1.54) is 20.2 Å². The molecule has 24 nitrogen and oxygen atoms in total. The predicted molar refractivity (Wildman–Crippen MR) is 235 cm³/mol. The molecular weight excluding hydrogens is 914 g/mol. The van der Waals surface area contributed by atoms with E-state index in [-0.39, 0.29) is 49.6 Å². The van der Waals surface area contributed by atoms with Gasteiger partial charge in [0.2, 0.25) is 29.5 Å². The summed E-state index contributed by atoms with van der Waals surface area (Å²) in [6.07, 6.45) is -5.74. The van der Waals surface area contributed by atoms with Crippen molar-refractivity contribution in [3.63, 3.8) is 0 Å². The second kappa shape index (κ2) is 24.4. The number of nitrogens with one attached hydrogen (secondary N) is 4. The predicted octanol–water partition coefficient (Wildman–Crippen LogP) is -2.15. The van der Waals surface area contributed by atoms with Crippen LogP contribution in [0.5, 0.6) is 5.75 Å². The summed E-state index contributed by atoms with van der Waals surface area (Å²) in [6.45, 7) is 6.38. The summed E-state index contributed by atoms with van der Waals surface area (Å²) < 4.78 is 46.3. The lowest BCUT2D eigenvalue weighted by atomic mass is 9.91. The average Bonchev–Trinajstić information content (AvgIpc) is 3.24. The minimum atomic E-state index is -5.13. The molecule has 11 N–H and O–H groups in total. The van der Waals surface area contributed by atoms with Crippen LogP contribution in [0.1, 0.15) is 72.3 Å². The Morgan fingerprint density at radius 2 is 1.71 bits per heavy atom. The molecule has 66 heavy (non-hydrogen) atoms. The number of nitrogens with zero attached hydrogens (tertiary/aromatic N) is 3. The number of cyclic esters (lactones) is 1. The Kier molecular flexibility index (Phi) is 20.4. The van der Waals surface area contributed by atoms with Crippen molar-refractivity contribution in [1.29, 1.82) is 0 Å². The van der Waals surface area contributed by atoms with Gasteiger partial charge in [0.05, 0.1) is 12.1 Å². The number of hydrogen-bond acceptors (Lipinski definition) is 15. The molecule has 0 aliphatic carbocycles. The van der Waals surface area contributed by atoms with E-state index in [2.05, 4.69) is 30.4 Å². The van der Waals surface area contributed by atoms with Crippen LogP contribution in [0.2, 0.25) is 5.02 Å². The topological polar surface area (TPSA) is 361 Å². The summed E-state index contributed by atoms with van der Waals surface area (Å²) in [5.74, 6) is -8.49. The van der Waals surface area contributed by atoms with E-state index < -0.39 is 125 Å². The number of guanidine groups is 1. The number of hydrogen-bond donors (Lipinski definition) is 9. The number of aliphatic imine (C=N–C) groups is 1. The molecule has 2 fully saturated rings. The molecule has 26 heteroatoms. The van der Waals surface area contributed by atoms with Crippen LogP contribution in [-0.2, 0) is 59.3 Å². The van der Waals surface area contributed by atoms with Crippen molar-refractivity contribution in [3.05, 3.63) is 28.8 Å². The van der Waals surface area contributed by atoms with Gasteiger partial charge < -0.3 is 62.2 Å². The molecule has 1 aromatic rings. The normalized spacial score (nSPS) is 26.1. The van der Waals surface area contributed by atoms with E-state index >= 15 is 0 Å². The smallest absolute Gasteiger partial charge is 0.397 e. The van der Waals surface area contributed by atoms with E-state index in [0.29, 0.717) is 17.7 Å². The molecule has 2 bridgehead atoms. The minimum Gasteiger partial charge on any atom is -0.495 e. The molecule has 2 saturated heterocycles. The van der Waals surface area contributed by atoms with Crippen LogP contribution < -0.4 is 37.5 Å². The third-order valence-electron chi connectivity index (χ3n) is 11.2. The van der Waals surface area contributed by atoms with Gasteiger partial charge in [-0.1, -0.05) is 51.8 Å². The summed E-state index contributed by atoms with van der Waals surface area (Å²) in [5, 5.41) is 31.8. The molecule has 0 radical (unpaired) electrons. The number of aliphatic hydroxyl groups excluding tert-OH is 2. The molecule has 1 aromatic carbocycles. The summed E-state index contributed by atoms with van der Waals surface area (Å²) in [5.41, 5.74) is 11.4. The highest BCUT2D eigenvalue weighted by atomic mass is 35.5. The minimum absolute atomic E-state index is 0.0283. The molecule has 2 heterocycles. The fraction of sp³-hybridized carbons (Fsp3) is 0.650. The van der Waals surface area contributed by atoms with Gasteiger partial charge in [-0.2, -0.15) is 8.42 Å². The highest BCUT2D eigenvalue weighted by molar-refractivity contribution is 7.80. The van der Waals surface area contributed by atoms with Crippen LogP contribution in [0.3, 0.4) is 0 Å². The van der Waals surface area contributed by atoms with Crippen molar-refractivity contribution in [3.8, 4) is 5.75 Å². The lowest BCUT2D eigenvalue weighted by Gasteiger charge is -2.44. The highest BCUT2D eigenvalue weighted by Gasteiger charge is 2.47. The Labute approximate surface area is 387 Å². The van der Waals surface area contributed by atoms with Gasteiger partial charge in [-0.05, 0) is 62.1 Å². The van der Waals surface area contributed by atoms with E-state index in [1.807, 2.05) is 0 Å². The van der Waals surface area contributed by atoms with Gasteiger partial charge in [-0.15, -0.1) is 0 Å². The van der Waals surface area contributed by atoms with E-state index in [0.717, 1.165) is 16.7 Å². The number of methoxy groups -OCH3 is 1. The number of fused-ring (bicyclic) bond motifs is 2. The average molecular weight is 977 g/mol. The van der Waals surface area contributed by atoms with Crippen molar-refractivity contribution in [1.82, 2.24) is 31.1 Å². The first-order chi connectivity index (χ1) is 30.8. The Morgan fingerprint density at radius 1 is 1.05 bits per heavy atom. The molecule has 3 unspecified atom stereocenters. The molecule has 370 valence electrons. The Hall–Kier alpha value is -5.34. The SMILES string of the molecule is CC[C@H](C)[C@H]1C(=O)N(C)C(Cc2ccc(OC)c(Cl)c2)C(=O)NC(C(C)C)C(=O)O[C@H](C)C(NC(=O)[C@H](O)COS(=O)(=O)O)C(=O)N[C@@H](CCCN=C(N)N)C(=O)N[C@H]2CC[C@@H](O)N1C2=O. The zero-order valence-electron chi connectivity index (χ0n) is 37.8. The molecule has 6 amide bonds. The fourth-order valence-electron chi connectivity index (χ4n) is 7.30. The van der Waals surface area contributed by atoms with Gasteiger partial charge in [0.15, 0.2) is 12.1 Å². The molecule has 10 atom stereocenters. The fourth-order valence-corrected chi connectivity index (χ4v) is 7.88. The van der Waals surface area contributed by atoms with Crippen LogP contribution in [0.4, 0.5) is 0 Å². The highest BCUT2D eigenvalue weighted by Crippen LogP contribution is 2.29. The van der Waals surface area contributed by atoms with Gasteiger partial charge in [0, 0.05) is 20.0 Å². The number of carbonyl (C=O) groups excluding carboxylic acids is 7. The second-order valence-corrected chi connectivity index (χ2v) is 17.9. The Morgan fingerprint density at radius 3 is 2.29 bits per heavy atom. The third-order valence-corrected chi connectivity index (χ3v) is 12.0. The van der Waals surface area contributed by atoms with Crippen LogP contribution >= 0.6 is 11.6 Å². The van der Waals surface area contributed by atoms with Crippen LogP contribution in [0.15, 0.2) is 23.2 Å². The Bertz CT molecular complexity index is 2080. The quantitative estimate of drug-likeness (QED) is 0.0297. The van der Waals surface area contributed by atoms with Gasteiger partial charge >= 0.3 is 16.4 Å². The number of carbonyl (C=O) groups is 7. The number of rotatable bonds is 15. The summed E-state index contributed by atoms with van der Waals surface area (Å²) in [6, 6.07) is -4.46. The van der Waals surface area contributed by atoms with Crippen LogP contribution in [0, 0.1) is 11.8 Å². The molecule has 3 rings (SSSR count). The van der Waals surface area contributed by atoms with Gasteiger partial charge in [-0.25, -0.2) is 8.98 Å². The second-order valence-electron chi connectivity index (χ2n) is 16.4. The van der Waals surface area contributed by atoms with E-state index in [9.17, 15) is 52.2 Å². The number of aliphatic hydroxyl groups is 2. The van der Waals surface area contributed by atoms with E-state index in [1.54, 1.807) is 39.8 Å². The van der Waals surface area contributed by atoms with Crippen molar-refractivity contribution in [2.24, 2.45) is 28.3 Å². The maximum absolute atomic E-state index is 14.9. The lowest BCUT2D eigenvalue weighted by molar-refractivity contribution is -0.168. The van der Waals surface area contributed by atoms with Crippen molar-refractivity contribution in [2.75, 3.05) is 27.3 Å². The molecule has 0 spiro atoms. The first-order valence-corrected chi connectivity index (χ1v) is 22.9. The number of likely N-dealkylation sites (N-methyl/N-ethyl adjacent to an activating group) is 1. The monoisotopic (exact) mass is 975 g/mol. The maximum atomic E-state index is 14.9. The number of esters is 1. The maximum Gasteiger partial charge on any atom is 0.397 e. The largest absolute Gasteiger partial charge is 0.495 e. The van der Waals surface area contributed by atoms with Gasteiger partial charge in [-0.3, -0.25) is 38.3 Å². The summed E-state index contributed by atoms with van der Waals surface area (Å²) in [7, 11) is -2.40. The molecule has 0 saturated carbocycles. The first-order valence-electron chi connectivity index (χ1n) is 21.2.